The monoisotopic (exact) mass is 333 g/mol. The van der Waals surface area contributed by atoms with Crippen molar-refractivity contribution in [2.24, 2.45) is 5.14 Å². The van der Waals surface area contributed by atoms with Gasteiger partial charge in [0.05, 0.1) is 4.90 Å². The lowest BCUT2D eigenvalue weighted by Gasteiger charge is -2.10. The largest absolute Gasteiger partial charge is 0.238 e. The van der Waals surface area contributed by atoms with Gasteiger partial charge in [-0.15, -0.1) is 0 Å². The van der Waals surface area contributed by atoms with Gasteiger partial charge in [0.1, 0.15) is 0 Å². The maximum Gasteiger partial charge on any atom is 0.238 e. The molecule has 0 saturated carbocycles. The van der Waals surface area contributed by atoms with Crippen LogP contribution in [0.1, 0.15) is 17.5 Å². The van der Waals surface area contributed by atoms with E-state index < -0.39 is 21.7 Å². The molecule has 0 amide bonds. The molecule has 0 aromatic heterocycles. The van der Waals surface area contributed by atoms with Crippen LogP contribution in [0.2, 0.25) is 0 Å². The van der Waals surface area contributed by atoms with Crippen molar-refractivity contribution < 1.29 is 17.2 Å². The van der Waals surface area contributed by atoms with Crippen LogP contribution in [-0.2, 0) is 10.0 Å². The molecule has 0 fully saturated rings. The van der Waals surface area contributed by atoms with Gasteiger partial charge in [-0.1, -0.05) is 30.4 Å². The standard InChI is InChI=1S/C17H13F2NO2S/c18-16-9-6-12(10-17(16)19)15-3-1-2-14(15)11-4-7-13(8-5-11)23(20,21)22/h2-10H,1H2,(H2,20,21,22). The summed E-state index contributed by atoms with van der Waals surface area (Å²) in [6.45, 7) is 0. The lowest BCUT2D eigenvalue weighted by molar-refractivity contribution is 0.508. The lowest BCUT2D eigenvalue weighted by Crippen LogP contribution is -2.11. The fourth-order valence-corrected chi connectivity index (χ4v) is 3.06. The second kappa shape index (κ2) is 5.72. The molecule has 118 valence electrons. The number of sulfonamides is 1. The molecule has 0 atom stereocenters. The first-order chi connectivity index (χ1) is 10.9. The van der Waals surface area contributed by atoms with Crippen LogP contribution in [0.5, 0.6) is 0 Å². The summed E-state index contributed by atoms with van der Waals surface area (Å²) in [5.74, 6) is -1.80. The fourth-order valence-electron chi connectivity index (χ4n) is 2.55. The maximum atomic E-state index is 13.4. The summed E-state index contributed by atoms with van der Waals surface area (Å²) in [5, 5.41) is 5.08. The number of benzene rings is 2. The summed E-state index contributed by atoms with van der Waals surface area (Å²) in [7, 11) is -3.74. The van der Waals surface area contributed by atoms with E-state index in [4.69, 9.17) is 5.14 Å². The predicted molar refractivity (Wildman–Crippen MR) is 84.7 cm³/mol. The third-order valence-electron chi connectivity index (χ3n) is 3.66. The van der Waals surface area contributed by atoms with Crippen molar-refractivity contribution in [3.63, 3.8) is 0 Å². The van der Waals surface area contributed by atoms with Crippen LogP contribution in [-0.4, -0.2) is 8.42 Å². The summed E-state index contributed by atoms with van der Waals surface area (Å²) in [5.41, 5.74) is 2.98. The first kappa shape index (κ1) is 15.6. The molecule has 0 unspecified atom stereocenters. The van der Waals surface area contributed by atoms with Gasteiger partial charge in [-0.25, -0.2) is 22.3 Å². The third-order valence-corrected chi connectivity index (χ3v) is 4.59. The van der Waals surface area contributed by atoms with Gasteiger partial charge >= 0.3 is 0 Å². The number of rotatable bonds is 3. The molecule has 0 aliphatic heterocycles. The number of nitrogens with two attached hydrogens (primary N) is 1. The van der Waals surface area contributed by atoms with Crippen molar-refractivity contribution in [1.29, 1.82) is 0 Å². The van der Waals surface area contributed by atoms with Crippen molar-refractivity contribution >= 4 is 21.2 Å². The molecular formula is C17H13F2NO2S. The second-order valence-electron chi connectivity index (χ2n) is 5.17. The molecule has 0 radical (unpaired) electrons. The zero-order valence-electron chi connectivity index (χ0n) is 12.0. The minimum atomic E-state index is -3.74. The summed E-state index contributed by atoms with van der Waals surface area (Å²) >= 11 is 0. The summed E-state index contributed by atoms with van der Waals surface area (Å²) < 4.78 is 49.1. The van der Waals surface area contributed by atoms with Crippen molar-refractivity contribution in [1.82, 2.24) is 0 Å². The Kier molecular flexibility index (Phi) is 3.87. The smallest absolute Gasteiger partial charge is 0.225 e. The van der Waals surface area contributed by atoms with E-state index in [1.807, 2.05) is 12.2 Å². The van der Waals surface area contributed by atoms with E-state index in [9.17, 15) is 17.2 Å². The maximum absolute atomic E-state index is 13.4. The Hall–Kier alpha value is -2.31. The van der Waals surface area contributed by atoms with Gasteiger partial charge in [0.2, 0.25) is 10.0 Å². The zero-order chi connectivity index (χ0) is 16.6. The molecule has 1 aliphatic carbocycles. The molecule has 2 aromatic rings. The number of primary sulfonamides is 1. The molecule has 3 rings (SSSR count). The van der Waals surface area contributed by atoms with E-state index in [0.29, 0.717) is 12.0 Å². The van der Waals surface area contributed by atoms with Crippen molar-refractivity contribution in [3.05, 3.63) is 77.4 Å². The van der Waals surface area contributed by atoms with E-state index >= 15 is 0 Å². The Morgan fingerprint density at radius 1 is 0.826 bits per heavy atom. The molecule has 0 heterocycles. The van der Waals surface area contributed by atoms with E-state index in [1.165, 1.54) is 18.2 Å². The Morgan fingerprint density at radius 2 is 1.39 bits per heavy atom. The third kappa shape index (κ3) is 3.09. The topological polar surface area (TPSA) is 60.2 Å². The molecule has 0 spiro atoms. The minimum Gasteiger partial charge on any atom is -0.225 e. The van der Waals surface area contributed by atoms with Crippen LogP contribution < -0.4 is 5.14 Å². The van der Waals surface area contributed by atoms with Crippen molar-refractivity contribution in [2.45, 2.75) is 11.3 Å². The normalized spacial score (nSPS) is 14.6. The van der Waals surface area contributed by atoms with E-state index in [1.54, 1.807) is 12.1 Å². The molecule has 6 heteroatoms. The van der Waals surface area contributed by atoms with Crippen LogP contribution in [0.3, 0.4) is 0 Å². The highest BCUT2D eigenvalue weighted by molar-refractivity contribution is 7.89. The van der Waals surface area contributed by atoms with E-state index in [-0.39, 0.29) is 4.90 Å². The highest BCUT2D eigenvalue weighted by Gasteiger charge is 2.16. The first-order valence-electron chi connectivity index (χ1n) is 6.85. The second-order valence-corrected chi connectivity index (χ2v) is 6.73. The average molecular weight is 333 g/mol. The van der Waals surface area contributed by atoms with Gasteiger partial charge in [-0.2, -0.15) is 0 Å². The van der Waals surface area contributed by atoms with E-state index in [0.717, 1.165) is 28.8 Å². The van der Waals surface area contributed by atoms with Gasteiger partial charge in [0.15, 0.2) is 11.6 Å². The Balaban J connectivity index is 1.97. The summed E-state index contributed by atoms with van der Waals surface area (Å²) in [6, 6.07) is 9.89. The lowest BCUT2D eigenvalue weighted by atomic mass is 9.95. The molecular weight excluding hydrogens is 320 g/mol. The van der Waals surface area contributed by atoms with Crippen molar-refractivity contribution in [3.8, 4) is 0 Å². The zero-order valence-corrected chi connectivity index (χ0v) is 12.8. The molecule has 23 heavy (non-hydrogen) atoms. The van der Waals surface area contributed by atoms with Crippen molar-refractivity contribution in [2.75, 3.05) is 0 Å². The quantitative estimate of drug-likeness (QED) is 0.935. The summed E-state index contributed by atoms with van der Waals surface area (Å²) in [6.07, 6.45) is 4.53. The Labute approximate surface area is 132 Å². The van der Waals surface area contributed by atoms with Crippen LogP contribution in [0.15, 0.2) is 59.5 Å². The molecule has 3 nitrogen and oxygen atoms in total. The average Bonchev–Trinajstić information content (AvgIpc) is 2.99. The molecule has 1 aliphatic rings. The molecule has 0 bridgehead atoms. The Morgan fingerprint density at radius 3 is 1.96 bits per heavy atom. The van der Waals surface area contributed by atoms with Gasteiger partial charge < -0.3 is 0 Å². The molecule has 2 N–H and O–H groups in total. The number of hydrogen-bond acceptors (Lipinski definition) is 2. The van der Waals surface area contributed by atoms with Crippen LogP contribution in [0.25, 0.3) is 11.1 Å². The SMILES string of the molecule is NS(=O)(=O)c1ccc(C2=CCC=C2c2ccc(F)c(F)c2)cc1. The fraction of sp³-hybridized carbons (Fsp3) is 0.0588. The predicted octanol–water partition coefficient (Wildman–Crippen LogP) is 3.48. The van der Waals surface area contributed by atoms with Crippen LogP contribution in [0.4, 0.5) is 8.78 Å². The highest BCUT2D eigenvalue weighted by Crippen LogP contribution is 2.36. The highest BCUT2D eigenvalue weighted by atomic mass is 32.2. The number of allylic oxidation sites excluding steroid dienone is 4. The molecule has 0 saturated heterocycles. The van der Waals surface area contributed by atoms with Gasteiger partial charge in [-0.05, 0) is 53.0 Å². The summed E-state index contributed by atoms with van der Waals surface area (Å²) in [4.78, 5) is 0.0261. The minimum absolute atomic E-state index is 0.0261. The first-order valence-corrected chi connectivity index (χ1v) is 8.40. The van der Waals surface area contributed by atoms with Crippen LogP contribution >= 0.6 is 0 Å². The van der Waals surface area contributed by atoms with Crippen LogP contribution in [0, 0.1) is 11.6 Å². The Bertz CT molecular complexity index is 930. The van der Waals surface area contributed by atoms with Gasteiger partial charge in [-0.3, -0.25) is 0 Å². The van der Waals surface area contributed by atoms with E-state index in [2.05, 4.69) is 0 Å². The van der Waals surface area contributed by atoms with Gasteiger partial charge in [0, 0.05) is 0 Å². The molecule has 2 aromatic carbocycles. The number of halogens is 2. The van der Waals surface area contributed by atoms with Gasteiger partial charge in [0.25, 0.3) is 0 Å². The number of hydrogen-bond donors (Lipinski definition) is 1.